The zero-order valence-corrected chi connectivity index (χ0v) is 17.4. The Labute approximate surface area is 174 Å². The van der Waals surface area contributed by atoms with Crippen molar-refractivity contribution in [2.75, 3.05) is 18.9 Å². The van der Waals surface area contributed by atoms with Gasteiger partial charge in [-0.1, -0.05) is 43.3 Å². The van der Waals surface area contributed by atoms with E-state index in [9.17, 15) is 9.59 Å². The summed E-state index contributed by atoms with van der Waals surface area (Å²) in [6.07, 6.45) is 0.610. The van der Waals surface area contributed by atoms with Crippen molar-refractivity contribution in [1.82, 2.24) is 10.3 Å². The highest BCUT2D eigenvalue weighted by molar-refractivity contribution is 7.99. The van der Waals surface area contributed by atoms with E-state index < -0.39 is 5.97 Å². The molecular formula is C23H24N2O3S. The Morgan fingerprint density at radius 3 is 2.55 bits per heavy atom. The molecule has 0 atom stereocenters. The van der Waals surface area contributed by atoms with Crippen molar-refractivity contribution in [2.45, 2.75) is 25.2 Å². The molecule has 2 aromatic carbocycles. The summed E-state index contributed by atoms with van der Waals surface area (Å²) in [6, 6.07) is 17.7. The number of hydrogen-bond acceptors (Lipinski definition) is 5. The lowest BCUT2D eigenvalue weighted by atomic mass is 10.0. The highest BCUT2D eigenvalue weighted by atomic mass is 32.2. The predicted octanol–water partition coefficient (Wildman–Crippen LogP) is 4.17. The van der Waals surface area contributed by atoms with Crippen molar-refractivity contribution in [2.24, 2.45) is 0 Å². The molecule has 0 aliphatic rings. The lowest BCUT2D eigenvalue weighted by molar-refractivity contribution is -0.124. The van der Waals surface area contributed by atoms with Crippen LogP contribution < -0.4 is 5.32 Å². The van der Waals surface area contributed by atoms with Crippen LogP contribution in [0.3, 0.4) is 0 Å². The van der Waals surface area contributed by atoms with Crippen molar-refractivity contribution in [3.63, 3.8) is 0 Å². The fraction of sp³-hybridized carbons (Fsp3) is 0.261. The molecule has 0 aliphatic heterocycles. The average Bonchev–Trinajstić information content (AvgIpc) is 2.75. The molecule has 3 rings (SSSR count). The third-order valence-electron chi connectivity index (χ3n) is 4.54. The van der Waals surface area contributed by atoms with Crippen LogP contribution in [0.15, 0.2) is 59.5 Å². The minimum absolute atomic E-state index is 0.301. The molecule has 1 N–H and O–H groups in total. The minimum Gasteiger partial charge on any atom is -0.452 e. The summed E-state index contributed by atoms with van der Waals surface area (Å²) in [5.41, 5.74) is 2.83. The number of rotatable bonds is 8. The number of carbonyl (C=O) groups is 2. The molecule has 1 heterocycles. The summed E-state index contributed by atoms with van der Waals surface area (Å²) in [4.78, 5) is 30.4. The van der Waals surface area contributed by atoms with Crippen LogP contribution in [0.25, 0.3) is 10.9 Å². The first-order valence-corrected chi connectivity index (χ1v) is 10.6. The van der Waals surface area contributed by atoms with Gasteiger partial charge in [0.1, 0.15) is 0 Å². The number of amides is 1. The van der Waals surface area contributed by atoms with E-state index in [4.69, 9.17) is 4.74 Å². The molecule has 0 unspecified atom stereocenters. The molecule has 1 aromatic heterocycles. The number of fused-ring (bicyclic) bond motifs is 1. The Bertz CT molecular complexity index is 1010. The smallest absolute Gasteiger partial charge is 0.340 e. The number of nitrogens with one attached hydrogen (secondary N) is 1. The molecule has 5 nitrogen and oxygen atoms in total. The van der Waals surface area contributed by atoms with E-state index in [0.29, 0.717) is 24.2 Å². The largest absolute Gasteiger partial charge is 0.452 e. The van der Waals surface area contributed by atoms with E-state index in [2.05, 4.69) is 10.3 Å². The van der Waals surface area contributed by atoms with Crippen molar-refractivity contribution in [3.8, 4) is 0 Å². The fourth-order valence-corrected chi connectivity index (χ4v) is 3.89. The molecule has 0 bridgehead atoms. The summed E-state index contributed by atoms with van der Waals surface area (Å²) in [6.45, 7) is 4.04. The van der Waals surface area contributed by atoms with Crippen molar-refractivity contribution in [1.29, 1.82) is 0 Å². The Morgan fingerprint density at radius 2 is 1.79 bits per heavy atom. The van der Waals surface area contributed by atoms with Gasteiger partial charge in [0.25, 0.3) is 5.91 Å². The molecule has 6 heteroatoms. The zero-order chi connectivity index (χ0) is 20.6. The Kier molecular flexibility index (Phi) is 7.25. The van der Waals surface area contributed by atoms with Gasteiger partial charge in [0.2, 0.25) is 0 Å². The third-order valence-corrected chi connectivity index (χ3v) is 5.55. The number of carbonyl (C=O) groups excluding carboxylic acids is 2. The topological polar surface area (TPSA) is 68.3 Å². The molecule has 0 radical (unpaired) electrons. The highest BCUT2D eigenvalue weighted by Gasteiger charge is 2.20. The second kappa shape index (κ2) is 10.1. The number of nitrogens with zero attached hydrogens (tertiary/aromatic N) is 1. The van der Waals surface area contributed by atoms with Crippen LogP contribution in [-0.4, -0.2) is 35.8 Å². The van der Waals surface area contributed by atoms with Crippen LogP contribution >= 0.6 is 11.8 Å². The molecular weight excluding hydrogens is 384 g/mol. The number of aryl methyl sites for hydroxylation is 2. The molecule has 1 amide bonds. The summed E-state index contributed by atoms with van der Waals surface area (Å²) < 4.78 is 5.28. The number of esters is 1. The molecule has 0 aliphatic carbocycles. The van der Waals surface area contributed by atoms with Crippen LogP contribution in [0.4, 0.5) is 0 Å². The Morgan fingerprint density at radius 1 is 1.07 bits per heavy atom. The Hall–Kier alpha value is -2.86. The first-order chi connectivity index (χ1) is 14.1. The molecule has 0 spiro atoms. The van der Waals surface area contributed by atoms with Crippen molar-refractivity contribution < 1.29 is 14.3 Å². The maximum absolute atomic E-state index is 12.7. The number of aromatic nitrogens is 1. The summed E-state index contributed by atoms with van der Waals surface area (Å²) in [7, 11) is 0. The highest BCUT2D eigenvalue weighted by Crippen LogP contribution is 2.24. The van der Waals surface area contributed by atoms with Crippen molar-refractivity contribution >= 4 is 34.5 Å². The third kappa shape index (κ3) is 5.35. The van der Waals surface area contributed by atoms with Crippen LogP contribution in [0.2, 0.25) is 0 Å². The van der Waals surface area contributed by atoms with Gasteiger partial charge in [0, 0.05) is 22.6 Å². The quantitative estimate of drug-likeness (QED) is 0.344. The minimum atomic E-state index is -0.508. The summed E-state index contributed by atoms with van der Waals surface area (Å²) in [5.74, 6) is -0.0694. The molecule has 3 aromatic rings. The second-order valence-electron chi connectivity index (χ2n) is 6.52. The van der Waals surface area contributed by atoms with E-state index >= 15 is 0 Å². The molecule has 0 saturated heterocycles. The van der Waals surface area contributed by atoms with Gasteiger partial charge in [-0.3, -0.25) is 9.78 Å². The number of thioether (sulfide) groups is 1. The molecule has 29 heavy (non-hydrogen) atoms. The van der Waals surface area contributed by atoms with Gasteiger partial charge >= 0.3 is 5.97 Å². The molecule has 0 saturated carbocycles. The number of para-hydroxylation sites is 1. The number of ether oxygens (including phenoxy) is 1. The molecule has 150 valence electrons. The van der Waals surface area contributed by atoms with Crippen LogP contribution in [0.1, 0.15) is 28.5 Å². The first-order valence-electron chi connectivity index (χ1n) is 9.60. The monoisotopic (exact) mass is 408 g/mol. The summed E-state index contributed by atoms with van der Waals surface area (Å²) >= 11 is 1.66. The van der Waals surface area contributed by atoms with Gasteiger partial charge in [-0.15, -0.1) is 11.8 Å². The number of benzene rings is 2. The van der Waals surface area contributed by atoms with Gasteiger partial charge in [-0.25, -0.2) is 4.79 Å². The van der Waals surface area contributed by atoms with Gasteiger partial charge in [0.15, 0.2) is 6.61 Å². The van der Waals surface area contributed by atoms with E-state index in [0.717, 1.165) is 27.1 Å². The van der Waals surface area contributed by atoms with Crippen LogP contribution in [0.5, 0.6) is 0 Å². The molecule has 0 fully saturated rings. The van der Waals surface area contributed by atoms with E-state index in [1.54, 1.807) is 11.8 Å². The lowest BCUT2D eigenvalue weighted by Crippen LogP contribution is -2.30. The van der Waals surface area contributed by atoms with E-state index in [1.165, 1.54) is 0 Å². The zero-order valence-electron chi connectivity index (χ0n) is 16.6. The van der Waals surface area contributed by atoms with Crippen LogP contribution in [0, 0.1) is 6.92 Å². The maximum Gasteiger partial charge on any atom is 0.340 e. The SMILES string of the molecule is CCc1nc2ccccc2c(C)c1C(=O)OCC(=O)NCCSc1ccccc1. The maximum atomic E-state index is 12.7. The van der Waals surface area contributed by atoms with E-state index in [-0.39, 0.29) is 12.5 Å². The van der Waals surface area contributed by atoms with Gasteiger partial charge < -0.3 is 10.1 Å². The standard InChI is InChI=1S/C23H24N2O3S/c1-3-19-22(16(2)18-11-7-8-12-20(18)25-19)23(27)28-15-21(26)24-13-14-29-17-9-5-4-6-10-17/h4-12H,3,13-15H2,1-2H3,(H,24,26). The van der Waals surface area contributed by atoms with Gasteiger partial charge in [0.05, 0.1) is 16.8 Å². The summed E-state index contributed by atoms with van der Waals surface area (Å²) in [5, 5.41) is 3.70. The van der Waals surface area contributed by atoms with Gasteiger partial charge in [-0.2, -0.15) is 0 Å². The second-order valence-corrected chi connectivity index (χ2v) is 7.69. The average molecular weight is 409 g/mol. The number of pyridine rings is 1. The fourth-order valence-electron chi connectivity index (χ4n) is 3.10. The van der Waals surface area contributed by atoms with E-state index in [1.807, 2.05) is 68.4 Å². The van der Waals surface area contributed by atoms with Gasteiger partial charge in [-0.05, 0) is 37.1 Å². The van der Waals surface area contributed by atoms with Crippen LogP contribution in [-0.2, 0) is 16.0 Å². The predicted molar refractivity (Wildman–Crippen MR) is 116 cm³/mol. The first kappa shape index (κ1) is 20.9. The normalized spacial score (nSPS) is 10.7. The Balaban J connectivity index is 1.55. The number of hydrogen-bond donors (Lipinski definition) is 1. The lowest BCUT2D eigenvalue weighted by Gasteiger charge is -2.13. The van der Waals surface area contributed by atoms with Crippen molar-refractivity contribution in [3.05, 3.63) is 71.4 Å².